The number of benzene rings is 6. The fourth-order valence-electron chi connectivity index (χ4n) is 8.41. The number of hydrogen-bond acceptors (Lipinski definition) is 2. The van der Waals surface area contributed by atoms with Gasteiger partial charge in [-0.3, -0.25) is 0 Å². The molecule has 248 valence electrons. The summed E-state index contributed by atoms with van der Waals surface area (Å²) >= 11 is 0. The molecule has 2 atom stereocenters. The lowest BCUT2D eigenvalue weighted by Gasteiger charge is -2.29. The number of rotatable bonds is 6. The van der Waals surface area contributed by atoms with E-state index in [1.54, 1.807) is 0 Å². The van der Waals surface area contributed by atoms with Crippen LogP contribution in [-0.2, 0) is 0 Å². The van der Waals surface area contributed by atoms with Crippen LogP contribution in [0.4, 0.5) is 0 Å². The minimum Gasteiger partial charge on any atom is -0.505 e. The van der Waals surface area contributed by atoms with Crippen LogP contribution in [0.1, 0.15) is 71.9 Å². The van der Waals surface area contributed by atoms with Gasteiger partial charge in [-0.05, 0) is 97.2 Å². The summed E-state index contributed by atoms with van der Waals surface area (Å²) in [5, 5.41) is 25.1. The standard InChI is InChI=1S/C45H32B8O2/c1-4-25-26(12-6-5-11-24-20-19-23(22(3)32(24)25)18-17-21(2)31-36(46)40(50)42(52)41(51)37(31)47)33-27-13-7-9-15-29(27)34(30-16-10-8-14-28(30)33)35-38(48)43(53)45(55)44(54)39(35)49/h5,7-21,25,54-55H,4,6H2,1-3H3/b11-5?,18-17-,26-12+/t21?,25-/m0/s1. The van der Waals surface area contributed by atoms with E-state index in [0.29, 0.717) is 22.1 Å². The summed E-state index contributed by atoms with van der Waals surface area (Å²) in [6.45, 7) is 6.40. The van der Waals surface area contributed by atoms with Crippen LogP contribution < -0.4 is 43.7 Å². The summed E-state index contributed by atoms with van der Waals surface area (Å²) in [6, 6.07) is 20.6. The molecule has 0 bridgehead atoms. The molecule has 0 aliphatic heterocycles. The molecule has 16 radical (unpaired) electrons. The molecule has 1 unspecified atom stereocenters. The quantitative estimate of drug-likeness (QED) is 0.160. The monoisotopic (exact) mass is 692 g/mol. The average molecular weight is 691 g/mol. The second-order valence-electron chi connectivity index (χ2n) is 14.3. The molecule has 2 nitrogen and oxygen atoms in total. The lowest BCUT2D eigenvalue weighted by Crippen LogP contribution is -2.56. The number of phenolic OH excluding ortho intramolecular Hbond substituents is 2. The highest BCUT2D eigenvalue weighted by Crippen LogP contribution is 2.48. The number of hydrogen-bond donors (Lipinski definition) is 2. The lowest BCUT2D eigenvalue weighted by molar-refractivity contribution is 0.410. The molecular weight excluding hydrogens is 659 g/mol. The number of fused-ring (bicyclic) bond motifs is 3. The molecule has 0 amide bonds. The number of allylic oxidation sites excluding steroid dienone is 4. The van der Waals surface area contributed by atoms with Gasteiger partial charge in [0.2, 0.25) is 0 Å². The van der Waals surface area contributed by atoms with Crippen LogP contribution in [-0.4, -0.2) is 73.0 Å². The highest BCUT2D eigenvalue weighted by atomic mass is 16.3. The van der Waals surface area contributed by atoms with E-state index in [2.05, 4.69) is 68.5 Å². The zero-order chi connectivity index (χ0) is 39.5. The minimum absolute atomic E-state index is 0.0230. The Hall–Kier alpha value is -4.82. The first-order valence-corrected chi connectivity index (χ1v) is 18.3. The summed E-state index contributed by atoms with van der Waals surface area (Å²) in [7, 11) is 50.6. The maximum absolute atomic E-state index is 10.8. The Balaban J connectivity index is 1.43. The first-order chi connectivity index (χ1) is 26.3. The van der Waals surface area contributed by atoms with E-state index in [4.69, 9.17) is 62.8 Å². The van der Waals surface area contributed by atoms with Crippen LogP contribution in [0.3, 0.4) is 0 Å². The van der Waals surface area contributed by atoms with E-state index in [1.807, 2.05) is 43.3 Å². The molecule has 10 heteroatoms. The van der Waals surface area contributed by atoms with E-state index < -0.39 is 11.5 Å². The number of aromatic hydroxyl groups is 2. The summed E-state index contributed by atoms with van der Waals surface area (Å²) < 4.78 is 0. The smallest absolute Gasteiger partial charge is 0.150 e. The van der Waals surface area contributed by atoms with Crippen molar-refractivity contribution in [3.63, 3.8) is 0 Å². The molecule has 6 aromatic rings. The van der Waals surface area contributed by atoms with Crippen LogP contribution >= 0.6 is 0 Å². The number of phenols is 2. The van der Waals surface area contributed by atoms with Crippen LogP contribution in [0.5, 0.6) is 11.5 Å². The second-order valence-corrected chi connectivity index (χ2v) is 14.3. The third kappa shape index (κ3) is 6.27. The van der Waals surface area contributed by atoms with E-state index >= 15 is 0 Å². The van der Waals surface area contributed by atoms with Crippen LogP contribution in [0.25, 0.3) is 50.4 Å². The zero-order valence-corrected chi connectivity index (χ0v) is 31.2. The van der Waals surface area contributed by atoms with Crippen molar-refractivity contribution >= 4 is 146 Å². The van der Waals surface area contributed by atoms with Gasteiger partial charge < -0.3 is 10.2 Å². The van der Waals surface area contributed by atoms with Crippen molar-refractivity contribution in [1.29, 1.82) is 0 Å². The molecule has 0 saturated carbocycles. The Bertz CT molecular complexity index is 2540. The van der Waals surface area contributed by atoms with Crippen molar-refractivity contribution in [2.24, 2.45) is 0 Å². The van der Waals surface area contributed by atoms with Crippen molar-refractivity contribution < 1.29 is 10.2 Å². The van der Waals surface area contributed by atoms with Crippen LogP contribution in [0, 0.1) is 6.92 Å². The van der Waals surface area contributed by atoms with Gasteiger partial charge in [0, 0.05) is 5.92 Å². The summed E-state index contributed by atoms with van der Waals surface area (Å²) in [5.74, 6) is -1.21. The molecule has 0 saturated heterocycles. The molecule has 1 aliphatic rings. The SMILES string of the molecule is [B]c1c([B])c([B])c(C(C)/C=C\c2ccc3c(c2C)[C@@H](CC)/C(c2c4ccccc4c(-c4c([B])c([B])c(O)c(O)c4[B])c4ccccc24)=C\CC=C3)c([B])c1[B]. The highest BCUT2D eigenvalue weighted by Gasteiger charge is 2.28. The Morgan fingerprint density at radius 1 is 0.655 bits per heavy atom. The van der Waals surface area contributed by atoms with E-state index in [-0.39, 0.29) is 44.6 Å². The topological polar surface area (TPSA) is 40.5 Å². The van der Waals surface area contributed by atoms with Gasteiger partial charge in [0.15, 0.2) is 0 Å². The summed E-state index contributed by atoms with van der Waals surface area (Å²) in [6.07, 6.45) is 12.5. The maximum Gasteiger partial charge on any atom is 0.150 e. The third-order valence-electron chi connectivity index (χ3n) is 11.3. The largest absolute Gasteiger partial charge is 0.505 e. The van der Waals surface area contributed by atoms with Gasteiger partial charge in [0.1, 0.15) is 74.3 Å². The molecular formula is C45H32B8O2. The van der Waals surface area contributed by atoms with Crippen molar-refractivity contribution in [1.82, 2.24) is 0 Å². The second kappa shape index (κ2) is 15.0. The van der Waals surface area contributed by atoms with Gasteiger partial charge in [-0.1, -0.05) is 121 Å². The van der Waals surface area contributed by atoms with Gasteiger partial charge in [0.25, 0.3) is 0 Å². The highest BCUT2D eigenvalue weighted by molar-refractivity contribution is 6.67. The maximum atomic E-state index is 10.8. The molecule has 2 N–H and O–H groups in total. The molecule has 0 aromatic heterocycles. The van der Waals surface area contributed by atoms with Crippen molar-refractivity contribution in [2.45, 2.75) is 45.4 Å². The summed E-state index contributed by atoms with van der Waals surface area (Å²) in [5.41, 5.74) is 9.97. The first kappa shape index (κ1) is 38.5. The van der Waals surface area contributed by atoms with Gasteiger partial charge in [0.05, 0.1) is 0 Å². The Morgan fingerprint density at radius 3 is 1.75 bits per heavy atom. The van der Waals surface area contributed by atoms with Gasteiger partial charge in [-0.25, -0.2) is 0 Å². The predicted octanol–water partition coefficient (Wildman–Crippen LogP) is 2.54. The van der Waals surface area contributed by atoms with Gasteiger partial charge in [-0.2, -0.15) is 0 Å². The molecule has 0 fully saturated rings. The lowest BCUT2D eigenvalue weighted by atomic mass is 9.59. The van der Waals surface area contributed by atoms with Crippen LogP contribution in [0.2, 0.25) is 0 Å². The molecule has 0 heterocycles. The van der Waals surface area contributed by atoms with E-state index in [9.17, 15) is 10.2 Å². The summed E-state index contributed by atoms with van der Waals surface area (Å²) in [4.78, 5) is 0. The van der Waals surface area contributed by atoms with Crippen molar-refractivity contribution in [2.75, 3.05) is 0 Å². The third-order valence-corrected chi connectivity index (χ3v) is 11.3. The average Bonchev–Trinajstić information content (AvgIpc) is 3.18. The van der Waals surface area contributed by atoms with Crippen molar-refractivity contribution in [3.8, 4) is 22.6 Å². The normalized spacial score (nSPS) is 15.8. The van der Waals surface area contributed by atoms with Crippen LogP contribution in [0.15, 0.2) is 78.9 Å². The molecule has 55 heavy (non-hydrogen) atoms. The van der Waals surface area contributed by atoms with E-state index in [0.717, 1.165) is 62.2 Å². The Morgan fingerprint density at radius 2 is 1.18 bits per heavy atom. The fourth-order valence-corrected chi connectivity index (χ4v) is 8.41. The van der Waals surface area contributed by atoms with Gasteiger partial charge >= 0.3 is 0 Å². The molecule has 1 aliphatic carbocycles. The zero-order valence-electron chi connectivity index (χ0n) is 31.2. The van der Waals surface area contributed by atoms with E-state index in [1.165, 1.54) is 11.1 Å². The predicted molar refractivity (Wildman–Crippen MR) is 243 cm³/mol. The Kier molecular flexibility index (Phi) is 10.5. The van der Waals surface area contributed by atoms with Crippen molar-refractivity contribution in [3.05, 3.63) is 112 Å². The minimum atomic E-state index is -0.534. The molecule has 7 rings (SSSR count). The fraction of sp³-hybridized carbons (Fsp3) is 0.156. The first-order valence-electron chi connectivity index (χ1n) is 18.3. The van der Waals surface area contributed by atoms with Gasteiger partial charge in [-0.15, -0.1) is 27.3 Å². The molecule has 0 spiro atoms. The Labute approximate surface area is 334 Å². The molecule has 6 aromatic carbocycles.